The molecule has 144 valence electrons. The van der Waals surface area contributed by atoms with Crippen molar-refractivity contribution in [1.82, 2.24) is 19.9 Å². The minimum absolute atomic E-state index is 0.0223. The molecule has 1 atom stereocenters. The van der Waals surface area contributed by atoms with Crippen LogP contribution in [0.5, 0.6) is 5.75 Å². The molecule has 0 amide bonds. The van der Waals surface area contributed by atoms with Gasteiger partial charge in [-0.1, -0.05) is 15.9 Å². The normalized spacial score (nSPS) is 12.6. The summed E-state index contributed by atoms with van der Waals surface area (Å²) >= 11 is 5.18. The third kappa shape index (κ3) is 4.09. The zero-order valence-electron chi connectivity index (χ0n) is 15.8. The molecule has 0 saturated heterocycles. The number of nitrogens with one attached hydrogen (secondary N) is 1. The molecule has 6 nitrogen and oxygen atoms in total. The lowest BCUT2D eigenvalue weighted by atomic mass is 10.2. The summed E-state index contributed by atoms with van der Waals surface area (Å²) in [6.07, 6.45) is 1.59. The first-order valence-corrected chi connectivity index (χ1v) is 10.5. The molecule has 2 heterocycles. The van der Waals surface area contributed by atoms with Crippen LogP contribution >= 0.6 is 27.3 Å². The molecule has 4 aromatic rings. The van der Waals surface area contributed by atoms with Crippen LogP contribution in [0.2, 0.25) is 0 Å². The van der Waals surface area contributed by atoms with Crippen molar-refractivity contribution in [3.8, 4) is 5.75 Å². The van der Waals surface area contributed by atoms with Gasteiger partial charge in [-0.05, 0) is 51.4 Å². The number of hydrogen-bond acceptors (Lipinski definition) is 7. The summed E-state index contributed by atoms with van der Waals surface area (Å²) in [4.78, 5) is 15.4. The maximum Gasteiger partial charge on any atom is 0.145 e. The summed E-state index contributed by atoms with van der Waals surface area (Å²) in [6.45, 7) is 2.87. The van der Waals surface area contributed by atoms with Crippen LogP contribution in [0.15, 0.2) is 46.6 Å². The van der Waals surface area contributed by atoms with Crippen LogP contribution < -0.4 is 10.1 Å². The number of benzene rings is 2. The lowest BCUT2D eigenvalue weighted by molar-refractivity contribution is 0.179. The highest BCUT2D eigenvalue weighted by Gasteiger charge is 2.15. The monoisotopic (exact) mass is 457 g/mol. The molecule has 0 spiro atoms. The van der Waals surface area contributed by atoms with Crippen LogP contribution in [0, 0.1) is 0 Å². The molecule has 0 bridgehead atoms. The van der Waals surface area contributed by atoms with Gasteiger partial charge in [-0.15, -0.1) is 11.3 Å². The maximum absolute atomic E-state index is 6.26. The predicted octanol–water partition coefficient (Wildman–Crippen LogP) is 5.07. The Bertz CT molecular complexity index is 1130. The Balaban J connectivity index is 1.75. The molecule has 1 unspecified atom stereocenters. The van der Waals surface area contributed by atoms with Gasteiger partial charge in [0.2, 0.25) is 0 Å². The molecule has 0 radical (unpaired) electrons. The van der Waals surface area contributed by atoms with E-state index in [9.17, 15) is 0 Å². The molecule has 4 rings (SSSR count). The first-order valence-electron chi connectivity index (χ1n) is 8.85. The number of halogens is 1. The van der Waals surface area contributed by atoms with Crippen molar-refractivity contribution in [3.63, 3.8) is 0 Å². The minimum Gasteiger partial charge on any atom is -0.488 e. The SMILES string of the molecule is CC(CN(C)C)Oc1cc(Br)cc2ncnc(Nc3ccc4ncsc4c3)c12. The summed E-state index contributed by atoms with van der Waals surface area (Å²) in [6, 6.07) is 10.0. The first kappa shape index (κ1) is 19.0. The molecule has 0 aliphatic rings. The van der Waals surface area contributed by atoms with Gasteiger partial charge in [-0.3, -0.25) is 0 Å². The molecular formula is C20H20BrN5OS. The molecule has 1 N–H and O–H groups in total. The van der Waals surface area contributed by atoms with Crippen LogP contribution in [0.3, 0.4) is 0 Å². The zero-order valence-corrected chi connectivity index (χ0v) is 18.2. The van der Waals surface area contributed by atoms with Crippen LogP contribution in [0.1, 0.15) is 6.92 Å². The van der Waals surface area contributed by atoms with Crippen molar-refractivity contribution in [3.05, 3.63) is 46.6 Å². The summed E-state index contributed by atoms with van der Waals surface area (Å²) in [5.41, 5.74) is 4.61. The van der Waals surface area contributed by atoms with Crippen LogP contribution in [-0.4, -0.2) is 46.6 Å². The lowest BCUT2D eigenvalue weighted by Crippen LogP contribution is -2.28. The number of aromatic nitrogens is 3. The van der Waals surface area contributed by atoms with Gasteiger partial charge < -0.3 is 15.0 Å². The second kappa shape index (κ2) is 7.98. The highest BCUT2D eigenvalue weighted by molar-refractivity contribution is 9.10. The molecule has 0 fully saturated rings. The fourth-order valence-electron chi connectivity index (χ4n) is 3.15. The van der Waals surface area contributed by atoms with Crippen molar-refractivity contribution in [2.75, 3.05) is 26.0 Å². The first-order chi connectivity index (χ1) is 13.5. The minimum atomic E-state index is 0.0223. The Labute approximate surface area is 175 Å². The topological polar surface area (TPSA) is 63.2 Å². The average Bonchev–Trinajstić information content (AvgIpc) is 3.08. The van der Waals surface area contributed by atoms with E-state index in [0.29, 0.717) is 5.82 Å². The fourth-order valence-corrected chi connectivity index (χ4v) is 4.29. The van der Waals surface area contributed by atoms with Gasteiger partial charge in [-0.2, -0.15) is 0 Å². The second-order valence-corrected chi connectivity index (χ2v) is 8.67. The van der Waals surface area contributed by atoms with Crippen molar-refractivity contribution >= 4 is 59.9 Å². The molecule has 28 heavy (non-hydrogen) atoms. The summed E-state index contributed by atoms with van der Waals surface area (Å²) in [5.74, 6) is 1.47. The van der Waals surface area contributed by atoms with E-state index < -0.39 is 0 Å². The van der Waals surface area contributed by atoms with Crippen LogP contribution in [0.4, 0.5) is 11.5 Å². The van der Waals surface area contributed by atoms with Gasteiger partial charge in [0.15, 0.2) is 0 Å². The number of thiazole rings is 1. The Morgan fingerprint density at radius 3 is 2.82 bits per heavy atom. The van der Waals surface area contributed by atoms with E-state index in [0.717, 1.165) is 43.6 Å². The summed E-state index contributed by atoms with van der Waals surface area (Å²) in [7, 11) is 4.06. The number of rotatable bonds is 6. The van der Waals surface area contributed by atoms with Gasteiger partial charge in [0.1, 0.15) is 24.0 Å². The summed E-state index contributed by atoms with van der Waals surface area (Å²) in [5, 5.41) is 4.29. The van der Waals surface area contributed by atoms with Gasteiger partial charge in [0.05, 0.1) is 26.6 Å². The lowest BCUT2D eigenvalue weighted by Gasteiger charge is -2.20. The van der Waals surface area contributed by atoms with E-state index in [1.807, 2.05) is 43.9 Å². The van der Waals surface area contributed by atoms with Crippen molar-refractivity contribution in [2.45, 2.75) is 13.0 Å². The number of hydrogen-bond donors (Lipinski definition) is 1. The average molecular weight is 458 g/mol. The number of likely N-dealkylation sites (N-methyl/N-ethyl adjacent to an activating group) is 1. The van der Waals surface area contributed by atoms with E-state index in [1.165, 1.54) is 0 Å². The fraction of sp³-hybridized carbons (Fsp3) is 0.250. The quantitative estimate of drug-likeness (QED) is 0.435. The van der Waals surface area contributed by atoms with Crippen molar-refractivity contribution in [1.29, 1.82) is 0 Å². The van der Waals surface area contributed by atoms with Crippen molar-refractivity contribution < 1.29 is 4.74 Å². The smallest absolute Gasteiger partial charge is 0.145 e. The molecular weight excluding hydrogens is 438 g/mol. The van der Waals surface area contributed by atoms with Crippen LogP contribution in [-0.2, 0) is 0 Å². The molecule has 0 aliphatic heterocycles. The van der Waals surface area contributed by atoms with Crippen molar-refractivity contribution in [2.24, 2.45) is 0 Å². The van der Waals surface area contributed by atoms with E-state index >= 15 is 0 Å². The molecule has 2 aromatic carbocycles. The number of anilines is 2. The van der Waals surface area contributed by atoms with Gasteiger partial charge in [-0.25, -0.2) is 15.0 Å². The maximum atomic E-state index is 6.26. The third-order valence-electron chi connectivity index (χ3n) is 4.21. The zero-order chi connectivity index (χ0) is 19.7. The van der Waals surface area contributed by atoms with Gasteiger partial charge >= 0.3 is 0 Å². The molecule has 0 saturated carbocycles. The molecule has 0 aliphatic carbocycles. The Kier molecular flexibility index (Phi) is 5.43. The molecule has 8 heteroatoms. The van der Waals surface area contributed by atoms with Gasteiger partial charge in [0, 0.05) is 16.7 Å². The number of ether oxygens (including phenoxy) is 1. The van der Waals surface area contributed by atoms with E-state index in [2.05, 4.69) is 54.1 Å². The second-order valence-electron chi connectivity index (χ2n) is 6.87. The highest BCUT2D eigenvalue weighted by atomic mass is 79.9. The van der Waals surface area contributed by atoms with E-state index in [1.54, 1.807) is 17.7 Å². The summed E-state index contributed by atoms with van der Waals surface area (Å²) < 4.78 is 8.30. The van der Waals surface area contributed by atoms with E-state index in [-0.39, 0.29) is 6.10 Å². The number of nitrogens with zero attached hydrogens (tertiary/aromatic N) is 4. The largest absolute Gasteiger partial charge is 0.488 e. The number of fused-ring (bicyclic) bond motifs is 2. The van der Waals surface area contributed by atoms with Crippen LogP contribution in [0.25, 0.3) is 21.1 Å². The Hall–Kier alpha value is -2.29. The predicted molar refractivity (Wildman–Crippen MR) is 119 cm³/mol. The Morgan fingerprint density at radius 2 is 2.00 bits per heavy atom. The third-order valence-corrected chi connectivity index (χ3v) is 5.46. The highest BCUT2D eigenvalue weighted by Crippen LogP contribution is 2.35. The van der Waals surface area contributed by atoms with E-state index in [4.69, 9.17) is 4.74 Å². The van der Waals surface area contributed by atoms with Gasteiger partial charge in [0.25, 0.3) is 0 Å². The Morgan fingerprint density at radius 1 is 1.14 bits per heavy atom. The standard InChI is InChI=1S/C20H20BrN5OS/c1-12(9-26(2)3)27-17-7-13(21)6-16-19(17)20(23-10-22-16)25-14-4-5-15-18(8-14)28-11-24-15/h4-8,10-12H,9H2,1-3H3,(H,22,23,25). The molecule has 2 aromatic heterocycles.